The summed E-state index contributed by atoms with van der Waals surface area (Å²) in [6.45, 7) is 4.53. The second kappa shape index (κ2) is 3.71. The molecule has 0 radical (unpaired) electrons. The predicted molar refractivity (Wildman–Crippen MR) is 71.9 cm³/mol. The average Bonchev–Trinajstić information content (AvgIpc) is 2.75. The Bertz CT molecular complexity index is 595. The SMILES string of the molecule is Cn1cccc1-c1cc([C@@H]2CC2(C)C)ccc1F. The van der Waals surface area contributed by atoms with Crippen molar-refractivity contribution >= 4 is 0 Å². The van der Waals surface area contributed by atoms with Gasteiger partial charge in [0.05, 0.1) is 5.69 Å². The van der Waals surface area contributed by atoms with Crippen molar-refractivity contribution in [2.45, 2.75) is 26.2 Å². The molecule has 2 heteroatoms. The minimum atomic E-state index is -0.140. The third-order valence-electron chi connectivity index (χ3n) is 4.13. The fraction of sp³-hybridized carbons (Fsp3) is 0.375. The summed E-state index contributed by atoms with van der Waals surface area (Å²) in [5.41, 5.74) is 3.29. The quantitative estimate of drug-likeness (QED) is 0.739. The van der Waals surface area contributed by atoms with Crippen molar-refractivity contribution in [3.05, 3.63) is 47.9 Å². The van der Waals surface area contributed by atoms with Gasteiger partial charge in [-0.25, -0.2) is 4.39 Å². The molecule has 1 fully saturated rings. The number of hydrogen-bond acceptors (Lipinski definition) is 0. The third-order valence-corrected chi connectivity index (χ3v) is 4.13. The molecule has 3 rings (SSSR count). The number of aromatic nitrogens is 1. The van der Waals surface area contributed by atoms with Crippen molar-refractivity contribution in [3.63, 3.8) is 0 Å². The van der Waals surface area contributed by atoms with E-state index in [-0.39, 0.29) is 5.82 Å². The zero-order chi connectivity index (χ0) is 12.9. The van der Waals surface area contributed by atoms with Crippen LogP contribution in [0.1, 0.15) is 31.7 Å². The van der Waals surface area contributed by atoms with Gasteiger partial charge >= 0.3 is 0 Å². The molecule has 0 aliphatic heterocycles. The summed E-state index contributed by atoms with van der Waals surface area (Å²) in [5, 5.41) is 0. The van der Waals surface area contributed by atoms with Crippen molar-refractivity contribution in [1.82, 2.24) is 4.57 Å². The fourth-order valence-electron chi connectivity index (χ4n) is 2.73. The number of rotatable bonds is 2. The molecule has 0 bridgehead atoms. The maximum atomic E-state index is 14.0. The molecule has 1 saturated carbocycles. The molecular formula is C16H18FN. The van der Waals surface area contributed by atoms with Crippen LogP contribution < -0.4 is 0 Å². The molecular weight excluding hydrogens is 225 g/mol. The first kappa shape index (κ1) is 11.5. The Morgan fingerprint density at radius 1 is 1.28 bits per heavy atom. The fourth-order valence-corrected chi connectivity index (χ4v) is 2.73. The van der Waals surface area contributed by atoms with Gasteiger partial charge in [0.15, 0.2) is 0 Å². The Morgan fingerprint density at radius 3 is 2.56 bits per heavy atom. The standard InChI is InChI=1S/C16H18FN/c1-16(2)10-13(16)11-6-7-14(17)12(9-11)15-5-4-8-18(15)3/h4-9,13H,10H2,1-3H3/t13-/m0/s1. The van der Waals surface area contributed by atoms with Crippen LogP contribution >= 0.6 is 0 Å². The summed E-state index contributed by atoms with van der Waals surface area (Å²) < 4.78 is 15.9. The molecule has 0 N–H and O–H groups in total. The lowest BCUT2D eigenvalue weighted by molar-refractivity contribution is 0.615. The molecule has 1 aromatic heterocycles. The Balaban J connectivity index is 2.05. The van der Waals surface area contributed by atoms with E-state index in [2.05, 4.69) is 13.8 Å². The van der Waals surface area contributed by atoms with Gasteiger partial charge in [-0.3, -0.25) is 0 Å². The Morgan fingerprint density at radius 2 is 2.00 bits per heavy atom. The normalized spacial score (nSPS) is 21.0. The van der Waals surface area contributed by atoms with Crippen LogP contribution in [0.5, 0.6) is 0 Å². The second-order valence-corrected chi connectivity index (χ2v) is 5.99. The summed E-state index contributed by atoms with van der Waals surface area (Å²) in [7, 11) is 1.95. The van der Waals surface area contributed by atoms with Crippen molar-refractivity contribution < 1.29 is 4.39 Å². The van der Waals surface area contributed by atoms with E-state index in [1.54, 1.807) is 6.07 Å². The molecule has 0 unspecified atom stereocenters. The molecule has 0 saturated heterocycles. The summed E-state index contributed by atoms with van der Waals surface area (Å²) >= 11 is 0. The van der Waals surface area contributed by atoms with Gasteiger partial charge in [0.2, 0.25) is 0 Å². The number of aryl methyl sites for hydroxylation is 1. The molecule has 1 heterocycles. The van der Waals surface area contributed by atoms with Crippen LogP contribution in [-0.4, -0.2) is 4.57 Å². The van der Waals surface area contributed by atoms with Crippen LogP contribution in [0.25, 0.3) is 11.3 Å². The second-order valence-electron chi connectivity index (χ2n) is 5.99. The molecule has 0 amide bonds. The maximum Gasteiger partial charge on any atom is 0.132 e. The first-order chi connectivity index (χ1) is 8.49. The zero-order valence-corrected chi connectivity index (χ0v) is 11.1. The van der Waals surface area contributed by atoms with Gasteiger partial charge in [-0.15, -0.1) is 0 Å². The Labute approximate surface area is 107 Å². The number of halogens is 1. The molecule has 1 aliphatic carbocycles. The van der Waals surface area contributed by atoms with E-state index >= 15 is 0 Å². The van der Waals surface area contributed by atoms with Crippen molar-refractivity contribution in [2.75, 3.05) is 0 Å². The minimum absolute atomic E-state index is 0.140. The van der Waals surface area contributed by atoms with Gasteiger partial charge in [-0.2, -0.15) is 0 Å². The van der Waals surface area contributed by atoms with Crippen LogP contribution in [0.4, 0.5) is 4.39 Å². The van der Waals surface area contributed by atoms with Gasteiger partial charge in [-0.05, 0) is 47.6 Å². The summed E-state index contributed by atoms with van der Waals surface area (Å²) in [5.74, 6) is 0.441. The highest BCUT2D eigenvalue weighted by atomic mass is 19.1. The lowest BCUT2D eigenvalue weighted by atomic mass is 9.99. The van der Waals surface area contributed by atoms with Crippen LogP contribution in [0.2, 0.25) is 0 Å². The largest absolute Gasteiger partial charge is 0.350 e. The van der Waals surface area contributed by atoms with E-state index in [1.165, 1.54) is 12.0 Å². The molecule has 18 heavy (non-hydrogen) atoms. The summed E-state index contributed by atoms with van der Waals surface area (Å²) in [4.78, 5) is 0. The van der Waals surface area contributed by atoms with Gasteiger partial charge in [0.25, 0.3) is 0 Å². The highest BCUT2D eigenvalue weighted by molar-refractivity contribution is 5.62. The smallest absolute Gasteiger partial charge is 0.132 e. The highest BCUT2D eigenvalue weighted by Gasteiger charge is 2.46. The van der Waals surface area contributed by atoms with Crippen molar-refractivity contribution in [3.8, 4) is 11.3 Å². The third kappa shape index (κ3) is 1.76. The molecule has 1 atom stereocenters. The summed E-state index contributed by atoms with van der Waals surface area (Å²) in [6, 6.07) is 9.46. The molecule has 94 valence electrons. The van der Waals surface area contributed by atoms with E-state index in [1.807, 2.05) is 42.1 Å². The molecule has 1 aromatic carbocycles. The number of benzene rings is 1. The van der Waals surface area contributed by atoms with Crippen LogP contribution in [-0.2, 0) is 7.05 Å². The van der Waals surface area contributed by atoms with Gasteiger partial charge < -0.3 is 4.57 Å². The maximum absolute atomic E-state index is 14.0. The summed E-state index contributed by atoms with van der Waals surface area (Å²) in [6.07, 6.45) is 3.15. The van der Waals surface area contributed by atoms with Gasteiger partial charge in [0, 0.05) is 18.8 Å². The number of nitrogens with zero attached hydrogens (tertiary/aromatic N) is 1. The van der Waals surface area contributed by atoms with E-state index in [0.717, 1.165) is 5.69 Å². The topological polar surface area (TPSA) is 4.93 Å². The lowest BCUT2D eigenvalue weighted by Gasteiger charge is -2.09. The molecule has 1 nitrogen and oxygen atoms in total. The van der Waals surface area contributed by atoms with E-state index in [0.29, 0.717) is 16.9 Å². The first-order valence-electron chi connectivity index (χ1n) is 6.40. The lowest BCUT2D eigenvalue weighted by Crippen LogP contribution is -1.95. The predicted octanol–water partition coefficient (Wildman–Crippen LogP) is 4.34. The van der Waals surface area contributed by atoms with Gasteiger partial charge in [0.1, 0.15) is 5.82 Å². The van der Waals surface area contributed by atoms with Crippen molar-refractivity contribution in [1.29, 1.82) is 0 Å². The molecule has 1 aliphatic rings. The molecule has 0 spiro atoms. The zero-order valence-electron chi connectivity index (χ0n) is 11.1. The van der Waals surface area contributed by atoms with Crippen molar-refractivity contribution in [2.24, 2.45) is 12.5 Å². The van der Waals surface area contributed by atoms with E-state index in [9.17, 15) is 4.39 Å². The Hall–Kier alpha value is -1.57. The minimum Gasteiger partial charge on any atom is -0.350 e. The van der Waals surface area contributed by atoms with E-state index < -0.39 is 0 Å². The van der Waals surface area contributed by atoms with Crippen LogP contribution in [0, 0.1) is 11.2 Å². The first-order valence-corrected chi connectivity index (χ1v) is 6.40. The van der Waals surface area contributed by atoms with E-state index in [4.69, 9.17) is 0 Å². The van der Waals surface area contributed by atoms with Gasteiger partial charge in [-0.1, -0.05) is 19.9 Å². The monoisotopic (exact) mass is 243 g/mol. The Kier molecular flexibility index (Phi) is 2.37. The number of hydrogen-bond donors (Lipinski definition) is 0. The molecule has 2 aromatic rings. The van der Waals surface area contributed by atoms with Crippen LogP contribution in [0.3, 0.4) is 0 Å². The average molecular weight is 243 g/mol. The highest BCUT2D eigenvalue weighted by Crippen LogP contribution is 2.58. The van der Waals surface area contributed by atoms with Crippen LogP contribution in [0.15, 0.2) is 36.5 Å².